The highest BCUT2D eigenvalue weighted by molar-refractivity contribution is 6.24. The van der Waals surface area contributed by atoms with Gasteiger partial charge in [0, 0.05) is 29.4 Å². The van der Waals surface area contributed by atoms with Crippen molar-refractivity contribution in [1.29, 1.82) is 0 Å². The van der Waals surface area contributed by atoms with Crippen molar-refractivity contribution < 1.29 is 0 Å². The molecule has 0 amide bonds. The molecule has 4 aromatic carbocycles. The monoisotopic (exact) mass is 674 g/mol. The van der Waals surface area contributed by atoms with Crippen LogP contribution in [-0.2, 0) is 10.8 Å². The molecule has 3 heteroatoms. The Balaban J connectivity index is 1.21. The summed E-state index contributed by atoms with van der Waals surface area (Å²) in [4.78, 5) is 9.41. The zero-order valence-corrected chi connectivity index (χ0v) is 31.5. The molecule has 1 aliphatic carbocycles. The van der Waals surface area contributed by atoms with Crippen molar-refractivity contribution >= 4 is 13.4 Å². The van der Waals surface area contributed by atoms with E-state index in [2.05, 4.69) is 195 Å². The van der Waals surface area contributed by atoms with E-state index in [0.717, 1.165) is 22.5 Å². The van der Waals surface area contributed by atoms with Gasteiger partial charge in [0.25, 0.3) is 0 Å². The van der Waals surface area contributed by atoms with E-state index in [4.69, 9.17) is 9.97 Å². The van der Waals surface area contributed by atoms with Gasteiger partial charge in [0.05, 0.1) is 11.4 Å². The van der Waals surface area contributed by atoms with E-state index in [9.17, 15) is 0 Å². The summed E-state index contributed by atoms with van der Waals surface area (Å²) in [6, 6.07) is 44.0. The molecule has 2 aromatic heterocycles. The molecule has 0 spiro atoms. The van der Waals surface area contributed by atoms with Crippen molar-refractivity contribution in [3.05, 3.63) is 186 Å². The summed E-state index contributed by atoms with van der Waals surface area (Å²) in [5.74, 6) is 0.0984. The van der Waals surface area contributed by atoms with E-state index in [1.807, 2.05) is 12.4 Å². The first kappa shape index (κ1) is 34.9. The molecule has 0 N–H and O–H groups in total. The Morgan fingerprint density at radius 1 is 0.519 bits per heavy atom. The molecule has 0 bridgehead atoms. The zero-order chi connectivity index (χ0) is 36.5. The number of pyridine rings is 2. The van der Waals surface area contributed by atoms with E-state index in [0.29, 0.717) is 0 Å². The Morgan fingerprint density at radius 3 is 1.52 bits per heavy atom. The van der Waals surface area contributed by atoms with Gasteiger partial charge in [0.2, 0.25) is 0 Å². The predicted molar refractivity (Wildman–Crippen MR) is 224 cm³/mol. The van der Waals surface area contributed by atoms with Gasteiger partial charge in [-0.15, -0.1) is 0 Å². The zero-order valence-electron chi connectivity index (χ0n) is 31.5. The van der Waals surface area contributed by atoms with Crippen molar-refractivity contribution in [2.45, 2.75) is 58.3 Å². The van der Waals surface area contributed by atoms with Crippen LogP contribution < -0.4 is 0 Å². The van der Waals surface area contributed by atoms with Gasteiger partial charge in [-0.2, -0.15) is 0 Å². The largest absolute Gasteiger partial charge is 0.256 e. The van der Waals surface area contributed by atoms with Crippen LogP contribution in [0.2, 0.25) is 0 Å². The fraction of sp³-hybridized carbons (Fsp3) is 0.184. The number of aromatic nitrogens is 2. The molecule has 0 saturated carbocycles. The second-order valence-corrected chi connectivity index (χ2v) is 16.0. The maximum Gasteiger partial charge on any atom is 0.139 e. The summed E-state index contributed by atoms with van der Waals surface area (Å²) in [6.07, 6.45) is 13.2. The van der Waals surface area contributed by atoms with Crippen molar-refractivity contribution in [1.82, 2.24) is 9.97 Å². The second kappa shape index (κ2) is 14.2. The van der Waals surface area contributed by atoms with Crippen molar-refractivity contribution in [3.63, 3.8) is 0 Å². The summed E-state index contributed by atoms with van der Waals surface area (Å²) >= 11 is 0. The third-order valence-electron chi connectivity index (χ3n) is 10.1. The molecule has 1 atom stereocenters. The molecular formula is C49H47BN2. The van der Waals surface area contributed by atoms with Crippen LogP contribution in [0.25, 0.3) is 50.3 Å². The van der Waals surface area contributed by atoms with Gasteiger partial charge in [-0.25, -0.2) is 0 Å². The molecule has 2 heterocycles. The van der Waals surface area contributed by atoms with Crippen molar-refractivity contribution in [2.24, 2.45) is 0 Å². The predicted octanol–water partition coefficient (Wildman–Crippen LogP) is 12.0. The molecule has 1 aliphatic rings. The van der Waals surface area contributed by atoms with Crippen LogP contribution in [0.15, 0.2) is 163 Å². The van der Waals surface area contributed by atoms with E-state index < -0.39 is 0 Å². The Bertz CT molecular complexity index is 2310. The third kappa shape index (κ3) is 7.55. The lowest BCUT2D eigenvalue weighted by Crippen LogP contribution is -2.11. The van der Waals surface area contributed by atoms with E-state index >= 15 is 0 Å². The molecule has 52 heavy (non-hydrogen) atoms. The average molecular weight is 675 g/mol. The summed E-state index contributed by atoms with van der Waals surface area (Å²) in [6.45, 7) is 13.5. The van der Waals surface area contributed by atoms with Crippen LogP contribution in [0, 0.1) is 0 Å². The quantitative estimate of drug-likeness (QED) is 0.164. The molecule has 2 nitrogen and oxygen atoms in total. The van der Waals surface area contributed by atoms with Gasteiger partial charge in [0.15, 0.2) is 0 Å². The van der Waals surface area contributed by atoms with E-state index in [-0.39, 0.29) is 16.7 Å². The van der Waals surface area contributed by atoms with Crippen molar-refractivity contribution in [2.75, 3.05) is 0 Å². The number of hydrogen-bond donors (Lipinski definition) is 0. The highest BCUT2D eigenvalue weighted by atomic mass is 14.7. The lowest BCUT2D eigenvalue weighted by molar-refractivity contribution is 0.589. The van der Waals surface area contributed by atoms with Gasteiger partial charge < -0.3 is 0 Å². The fourth-order valence-corrected chi connectivity index (χ4v) is 7.00. The minimum Gasteiger partial charge on any atom is -0.256 e. The first-order valence-corrected chi connectivity index (χ1v) is 18.4. The maximum absolute atomic E-state index is 4.70. The summed E-state index contributed by atoms with van der Waals surface area (Å²) in [5, 5.41) is 0. The molecule has 0 saturated heterocycles. The smallest absolute Gasteiger partial charge is 0.139 e. The molecule has 0 radical (unpaired) electrons. The van der Waals surface area contributed by atoms with Crippen LogP contribution in [0.3, 0.4) is 0 Å². The minimum absolute atomic E-state index is 0.0728. The average Bonchev–Trinajstić information content (AvgIpc) is 3.36. The SMILES string of the molecule is BC1=CC(c2ccccc2-c2ccc(-c3cc(C(C)(C)C)ccn3)cc2)=CC(c2ccccc2-c2ccc(-c3cc(C(C)(C)C)ccn3)cc2)C=C1. The van der Waals surface area contributed by atoms with E-state index in [1.165, 1.54) is 55.6 Å². The Hall–Kier alpha value is -5.54. The van der Waals surface area contributed by atoms with E-state index in [1.54, 1.807) is 0 Å². The Labute approximate surface area is 311 Å². The second-order valence-electron chi connectivity index (χ2n) is 16.0. The summed E-state index contributed by atoms with van der Waals surface area (Å²) < 4.78 is 0. The van der Waals surface area contributed by atoms with Gasteiger partial charge in [-0.05, 0) is 85.2 Å². The molecule has 7 rings (SSSR count). The molecular weight excluding hydrogens is 627 g/mol. The molecule has 1 unspecified atom stereocenters. The van der Waals surface area contributed by atoms with Crippen LogP contribution >= 0.6 is 0 Å². The number of benzene rings is 4. The summed E-state index contributed by atoms with van der Waals surface area (Å²) in [7, 11) is 2.19. The molecule has 0 aliphatic heterocycles. The van der Waals surface area contributed by atoms with Gasteiger partial charge in [-0.1, -0.05) is 168 Å². The molecule has 6 aromatic rings. The highest BCUT2D eigenvalue weighted by Crippen LogP contribution is 2.39. The number of rotatable bonds is 6. The summed E-state index contributed by atoms with van der Waals surface area (Å²) in [5.41, 5.74) is 16.8. The van der Waals surface area contributed by atoms with Crippen molar-refractivity contribution in [3.8, 4) is 44.8 Å². The van der Waals surface area contributed by atoms with Gasteiger partial charge in [-0.3, -0.25) is 9.97 Å². The highest BCUT2D eigenvalue weighted by Gasteiger charge is 2.19. The lowest BCUT2D eigenvalue weighted by atomic mass is 9.86. The van der Waals surface area contributed by atoms with Crippen LogP contribution in [0.1, 0.15) is 69.7 Å². The third-order valence-corrected chi connectivity index (χ3v) is 10.1. The normalized spacial score (nSPS) is 14.8. The minimum atomic E-state index is 0.0728. The van der Waals surface area contributed by atoms with Gasteiger partial charge in [0.1, 0.15) is 7.85 Å². The standard InChI is InChI=1S/C49H47BN2/c1-48(2,3)39-25-27-51-46(31-39)35-19-15-33(16-20-35)42-11-7-9-13-44(42)37-23-24-41(50)30-38(29-37)45-14-10-8-12-43(45)34-17-21-36(22-18-34)47-32-40(26-28-52-47)49(4,5)6/h7-32,37H,50H2,1-6H3. The maximum atomic E-state index is 4.70. The molecule has 256 valence electrons. The lowest BCUT2D eigenvalue weighted by Gasteiger charge is -2.19. The first-order valence-electron chi connectivity index (χ1n) is 18.4. The van der Waals surface area contributed by atoms with Crippen LogP contribution in [0.4, 0.5) is 0 Å². The first-order chi connectivity index (χ1) is 24.9. The Morgan fingerprint density at radius 2 is 0.981 bits per heavy atom. The molecule has 0 fully saturated rings. The number of nitrogens with zero attached hydrogens (tertiary/aromatic N) is 2. The number of hydrogen-bond acceptors (Lipinski definition) is 2. The van der Waals surface area contributed by atoms with Gasteiger partial charge >= 0.3 is 0 Å². The Kier molecular flexibility index (Phi) is 9.55. The van der Waals surface area contributed by atoms with Crippen LogP contribution in [0.5, 0.6) is 0 Å². The topological polar surface area (TPSA) is 25.8 Å². The van der Waals surface area contributed by atoms with Crippen LogP contribution in [-0.4, -0.2) is 17.8 Å². The number of allylic oxidation sites excluding steroid dienone is 6. The fourth-order valence-electron chi connectivity index (χ4n) is 7.00.